The standard InChI is InChI=1S/C14H20OS/c16-13-6-2-5-11-15-12-7-10-14-8-3-1-4-9-14/h1,3-4,7-10,16H,2,5-6,11-13H2. The third-order valence-electron chi connectivity index (χ3n) is 2.27. The summed E-state index contributed by atoms with van der Waals surface area (Å²) in [7, 11) is 0. The molecule has 0 aliphatic carbocycles. The summed E-state index contributed by atoms with van der Waals surface area (Å²) in [6.45, 7) is 1.56. The minimum absolute atomic E-state index is 0.704. The van der Waals surface area contributed by atoms with Crippen LogP contribution in [0.2, 0.25) is 0 Å². The number of thiol groups is 1. The second kappa shape index (κ2) is 9.49. The lowest BCUT2D eigenvalue weighted by Crippen LogP contribution is -1.94. The minimum atomic E-state index is 0.704. The highest BCUT2D eigenvalue weighted by molar-refractivity contribution is 7.80. The molecule has 0 saturated heterocycles. The Bertz CT molecular complexity index is 282. The van der Waals surface area contributed by atoms with Crippen molar-refractivity contribution in [2.24, 2.45) is 0 Å². The lowest BCUT2D eigenvalue weighted by atomic mass is 10.2. The van der Waals surface area contributed by atoms with E-state index in [0.29, 0.717) is 6.61 Å². The van der Waals surface area contributed by atoms with E-state index in [9.17, 15) is 0 Å². The highest BCUT2D eigenvalue weighted by atomic mass is 32.1. The maximum Gasteiger partial charge on any atom is 0.0650 e. The van der Waals surface area contributed by atoms with Gasteiger partial charge in [-0.2, -0.15) is 12.6 Å². The number of unbranched alkanes of at least 4 members (excludes halogenated alkanes) is 2. The number of rotatable bonds is 8. The Balaban J connectivity index is 2.01. The molecular formula is C14H20OS. The average Bonchev–Trinajstić information content (AvgIpc) is 2.34. The molecule has 0 saturated carbocycles. The topological polar surface area (TPSA) is 9.23 Å². The summed E-state index contributed by atoms with van der Waals surface area (Å²) in [5.41, 5.74) is 1.22. The van der Waals surface area contributed by atoms with Crippen molar-refractivity contribution in [2.45, 2.75) is 19.3 Å². The average molecular weight is 236 g/mol. The van der Waals surface area contributed by atoms with Crippen molar-refractivity contribution in [3.63, 3.8) is 0 Å². The van der Waals surface area contributed by atoms with E-state index in [1.165, 1.54) is 18.4 Å². The van der Waals surface area contributed by atoms with Crippen LogP contribution in [-0.4, -0.2) is 19.0 Å². The summed E-state index contributed by atoms with van der Waals surface area (Å²) in [5.74, 6) is 0.980. The molecule has 1 rings (SSSR count). The van der Waals surface area contributed by atoms with Gasteiger partial charge in [0.25, 0.3) is 0 Å². The summed E-state index contributed by atoms with van der Waals surface area (Å²) < 4.78 is 5.49. The molecule has 1 nitrogen and oxygen atoms in total. The van der Waals surface area contributed by atoms with E-state index in [2.05, 4.69) is 36.9 Å². The van der Waals surface area contributed by atoms with E-state index in [4.69, 9.17) is 4.74 Å². The van der Waals surface area contributed by atoms with Crippen LogP contribution < -0.4 is 0 Å². The summed E-state index contributed by atoms with van der Waals surface area (Å²) in [6, 6.07) is 10.3. The van der Waals surface area contributed by atoms with Crippen molar-refractivity contribution < 1.29 is 4.74 Å². The zero-order chi connectivity index (χ0) is 11.5. The Morgan fingerprint density at radius 2 is 1.88 bits per heavy atom. The predicted octanol–water partition coefficient (Wildman–Crippen LogP) is 3.82. The number of hydrogen-bond donors (Lipinski definition) is 1. The second-order valence-corrected chi connectivity index (χ2v) is 4.12. The molecule has 0 aliphatic heterocycles. The molecule has 0 aliphatic rings. The molecule has 1 aromatic rings. The molecule has 88 valence electrons. The Labute approximate surface area is 104 Å². The first-order valence-corrected chi connectivity index (χ1v) is 6.47. The van der Waals surface area contributed by atoms with Gasteiger partial charge < -0.3 is 4.74 Å². The molecule has 0 spiro atoms. The van der Waals surface area contributed by atoms with Crippen LogP contribution in [0.25, 0.3) is 6.08 Å². The van der Waals surface area contributed by atoms with Gasteiger partial charge in [-0.25, -0.2) is 0 Å². The van der Waals surface area contributed by atoms with Crippen LogP contribution in [0.1, 0.15) is 24.8 Å². The van der Waals surface area contributed by atoms with Crippen LogP contribution in [0.4, 0.5) is 0 Å². The van der Waals surface area contributed by atoms with Gasteiger partial charge in [-0.05, 0) is 24.2 Å². The Morgan fingerprint density at radius 3 is 2.62 bits per heavy atom. The van der Waals surface area contributed by atoms with Crippen molar-refractivity contribution in [1.82, 2.24) is 0 Å². The molecule has 16 heavy (non-hydrogen) atoms. The Kier molecular flexibility index (Phi) is 7.91. The van der Waals surface area contributed by atoms with Crippen LogP contribution in [0.3, 0.4) is 0 Å². The minimum Gasteiger partial charge on any atom is -0.377 e. The van der Waals surface area contributed by atoms with Gasteiger partial charge in [0.1, 0.15) is 0 Å². The van der Waals surface area contributed by atoms with E-state index in [1.54, 1.807) is 0 Å². The van der Waals surface area contributed by atoms with Crippen molar-refractivity contribution in [3.05, 3.63) is 42.0 Å². The first-order chi connectivity index (χ1) is 7.93. The first kappa shape index (κ1) is 13.3. The largest absolute Gasteiger partial charge is 0.377 e. The predicted molar refractivity (Wildman–Crippen MR) is 74.0 cm³/mol. The van der Waals surface area contributed by atoms with Gasteiger partial charge in [-0.3, -0.25) is 0 Å². The lowest BCUT2D eigenvalue weighted by molar-refractivity contribution is 0.158. The SMILES string of the molecule is SCCCCCOCC=Cc1ccccc1. The molecule has 0 amide bonds. The fraction of sp³-hybridized carbons (Fsp3) is 0.429. The Morgan fingerprint density at radius 1 is 1.06 bits per heavy atom. The van der Waals surface area contributed by atoms with E-state index in [-0.39, 0.29) is 0 Å². The molecule has 0 atom stereocenters. The monoisotopic (exact) mass is 236 g/mol. The second-order valence-electron chi connectivity index (χ2n) is 3.67. The maximum absolute atomic E-state index is 5.49. The molecule has 0 fully saturated rings. The van der Waals surface area contributed by atoms with Crippen LogP contribution in [0.5, 0.6) is 0 Å². The van der Waals surface area contributed by atoms with E-state index in [0.717, 1.165) is 18.8 Å². The number of benzene rings is 1. The van der Waals surface area contributed by atoms with Crippen LogP contribution in [0.15, 0.2) is 36.4 Å². The van der Waals surface area contributed by atoms with Gasteiger partial charge in [-0.1, -0.05) is 48.9 Å². The van der Waals surface area contributed by atoms with E-state index in [1.807, 2.05) is 18.2 Å². The Hall–Kier alpha value is -0.730. The molecule has 0 bridgehead atoms. The molecule has 2 heteroatoms. The summed E-state index contributed by atoms with van der Waals surface area (Å²) in [5, 5.41) is 0. The maximum atomic E-state index is 5.49. The summed E-state index contributed by atoms with van der Waals surface area (Å²) in [6.07, 6.45) is 7.69. The van der Waals surface area contributed by atoms with Gasteiger partial charge in [0.05, 0.1) is 6.61 Å². The van der Waals surface area contributed by atoms with Crippen LogP contribution >= 0.6 is 12.6 Å². The van der Waals surface area contributed by atoms with Gasteiger partial charge in [0.2, 0.25) is 0 Å². The smallest absolute Gasteiger partial charge is 0.0650 e. The molecule has 0 unspecified atom stereocenters. The van der Waals surface area contributed by atoms with Crippen LogP contribution in [-0.2, 0) is 4.74 Å². The quantitative estimate of drug-likeness (QED) is 0.533. The molecule has 1 aromatic carbocycles. The molecule has 0 radical (unpaired) electrons. The summed E-state index contributed by atoms with van der Waals surface area (Å²) >= 11 is 4.17. The third-order valence-corrected chi connectivity index (χ3v) is 2.59. The van der Waals surface area contributed by atoms with Crippen molar-refractivity contribution in [2.75, 3.05) is 19.0 Å². The summed E-state index contributed by atoms with van der Waals surface area (Å²) in [4.78, 5) is 0. The number of hydrogen-bond acceptors (Lipinski definition) is 2. The normalized spacial score (nSPS) is 11.1. The van der Waals surface area contributed by atoms with E-state index >= 15 is 0 Å². The first-order valence-electron chi connectivity index (χ1n) is 5.83. The molecule has 0 heterocycles. The van der Waals surface area contributed by atoms with Gasteiger partial charge in [0, 0.05) is 6.61 Å². The fourth-order valence-corrected chi connectivity index (χ4v) is 1.62. The van der Waals surface area contributed by atoms with E-state index < -0.39 is 0 Å². The fourth-order valence-electron chi connectivity index (χ4n) is 1.39. The van der Waals surface area contributed by atoms with Gasteiger partial charge >= 0.3 is 0 Å². The molecular weight excluding hydrogens is 216 g/mol. The lowest BCUT2D eigenvalue weighted by Gasteiger charge is -2.00. The third kappa shape index (κ3) is 6.70. The zero-order valence-corrected chi connectivity index (χ0v) is 10.5. The van der Waals surface area contributed by atoms with Gasteiger partial charge in [-0.15, -0.1) is 0 Å². The van der Waals surface area contributed by atoms with Crippen molar-refractivity contribution in [3.8, 4) is 0 Å². The van der Waals surface area contributed by atoms with Gasteiger partial charge in [0.15, 0.2) is 0 Å². The molecule has 0 N–H and O–H groups in total. The molecule has 0 aromatic heterocycles. The highest BCUT2D eigenvalue weighted by Crippen LogP contribution is 2.01. The zero-order valence-electron chi connectivity index (χ0n) is 9.64. The number of ether oxygens (including phenoxy) is 1. The van der Waals surface area contributed by atoms with Crippen LogP contribution in [0, 0.1) is 0 Å². The van der Waals surface area contributed by atoms with Crippen molar-refractivity contribution in [1.29, 1.82) is 0 Å². The van der Waals surface area contributed by atoms with Crippen molar-refractivity contribution >= 4 is 18.7 Å². The highest BCUT2D eigenvalue weighted by Gasteiger charge is 1.87.